The van der Waals surface area contributed by atoms with Gasteiger partial charge in [0.25, 0.3) is 5.56 Å². The zero-order chi connectivity index (χ0) is 28.9. The monoisotopic (exact) mass is 605 g/mol. The number of likely N-dealkylation sites (N-methyl/N-ethyl adjacent to an activating group) is 1. The summed E-state index contributed by atoms with van der Waals surface area (Å²) >= 11 is 8.93. The highest BCUT2D eigenvalue weighted by atomic mass is 35.5. The molecule has 0 unspecified atom stereocenters. The Balaban J connectivity index is 1.79. The molecule has 218 valence electrons. The molecule has 1 amide bonds. The van der Waals surface area contributed by atoms with Crippen LogP contribution in [0, 0.1) is 0 Å². The number of carbonyl (C=O) groups is 1. The Morgan fingerprint density at radius 1 is 1.10 bits per heavy atom. The highest BCUT2D eigenvalue weighted by Crippen LogP contribution is 2.26. The summed E-state index contributed by atoms with van der Waals surface area (Å²) in [4.78, 5) is 34.7. The van der Waals surface area contributed by atoms with E-state index in [0.29, 0.717) is 47.1 Å². The number of aromatic nitrogens is 3. The second-order valence-electron chi connectivity index (χ2n) is 9.39. The van der Waals surface area contributed by atoms with Crippen LogP contribution in [0.2, 0.25) is 4.34 Å². The summed E-state index contributed by atoms with van der Waals surface area (Å²) in [6, 6.07) is 9.85. The Morgan fingerprint density at radius 3 is 2.48 bits per heavy atom. The fraction of sp³-hybridized carbons (Fsp3) is 0.517. The van der Waals surface area contributed by atoms with E-state index in [1.807, 2.05) is 47.5 Å². The van der Waals surface area contributed by atoms with E-state index in [1.54, 1.807) is 4.68 Å². The molecular weight excluding hydrogens is 566 g/mol. The van der Waals surface area contributed by atoms with Gasteiger partial charge >= 0.3 is 0 Å². The third-order valence-corrected chi connectivity index (χ3v) is 8.69. The molecule has 11 heteroatoms. The minimum atomic E-state index is -0.350. The molecule has 40 heavy (non-hydrogen) atoms. The Labute approximate surface area is 250 Å². The summed E-state index contributed by atoms with van der Waals surface area (Å²) in [6.07, 6.45) is 2.55. The standard InChI is InChI=1S/C29H40ClN5O3S2/c1-5-9-16-38-24-12-10-22(11-13-24)18-34(15-14-33(7-3)8-4)27(36)19-35-29(31-28(37)25(6-2)32-35)40-21-23-17-26(30)39-20-23/h10-13,17,20H,5-9,14-16,18-19,21H2,1-4H3. The molecule has 0 aliphatic heterocycles. The fourth-order valence-electron chi connectivity index (χ4n) is 4.01. The molecule has 0 bridgehead atoms. The lowest BCUT2D eigenvalue weighted by molar-refractivity contribution is -0.133. The lowest BCUT2D eigenvalue weighted by Gasteiger charge is -2.27. The summed E-state index contributed by atoms with van der Waals surface area (Å²) in [6.45, 7) is 12.6. The summed E-state index contributed by atoms with van der Waals surface area (Å²) < 4.78 is 8.09. The van der Waals surface area contributed by atoms with Crippen LogP contribution in [0.3, 0.4) is 0 Å². The average molecular weight is 606 g/mol. The quantitative estimate of drug-likeness (QED) is 0.143. The number of hydrogen-bond acceptors (Lipinski definition) is 8. The van der Waals surface area contributed by atoms with Crippen molar-refractivity contribution in [1.29, 1.82) is 0 Å². The predicted octanol–water partition coefficient (Wildman–Crippen LogP) is 5.76. The first kappa shape index (κ1) is 32.1. The van der Waals surface area contributed by atoms with E-state index in [-0.39, 0.29) is 18.0 Å². The van der Waals surface area contributed by atoms with Crippen molar-refractivity contribution in [3.8, 4) is 5.75 Å². The van der Waals surface area contributed by atoms with Crippen LogP contribution in [0.5, 0.6) is 5.75 Å². The van der Waals surface area contributed by atoms with Crippen molar-refractivity contribution < 1.29 is 9.53 Å². The molecule has 0 aliphatic carbocycles. The SMILES string of the molecule is CCCCOc1ccc(CN(CCN(CC)CC)C(=O)Cn2nc(CC)c(=O)nc2SCc2csc(Cl)c2)cc1. The Morgan fingerprint density at radius 2 is 1.85 bits per heavy atom. The zero-order valence-electron chi connectivity index (χ0n) is 23.9. The predicted molar refractivity (Wildman–Crippen MR) is 165 cm³/mol. The molecule has 0 spiro atoms. The van der Waals surface area contributed by atoms with Gasteiger partial charge in [-0.3, -0.25) is 9.59 Å². The van der Waals surface area contributed by atoms with Gasteiger partial charge in [0.2, 0.25) is 5.91 Å². The van der Waals surface area contributed by atoms with Crippen molar-refractivity contribution in [2.75, 3.05) is 32.8 Å². The molecule has 0 saturated heterocycles. The van der Waals surface area contributed by atoms with E-state index in [2.05, 4.69) is 35.8 Å². The lowest BCUT2D eigenvalue weighted by Crippen LogP contribution is -2.40. The maximum absolute atomic E-state index is 13.8. The number of amides is 1. The van der Waals surface area contributed by atoms with Crippen LogP contribution in [-0.2, 0) is 30.1 Å². The van der Waals surface area contributed by atoms with Gasteiger partial charge in [-0.1, -0.05) is 69.6 Å². The first-order chi connectivity index (χ1) is 19.4. The topological polar surface area (TPSA) is 80.6 Å². The van der Waals surface area contributed by atoms with Gasteiger partial charge in [-0.2, -0.15) is 10.1 Å². The van der Waals surface area contributed by atoms with Crippen molar-refractivity contribution in [1.82, 2.24) is 24.6 Å². The molecule has 1 aromatic carbocycles. The number of rotatable bonds is 17. The maximum Gasteiger partial charge on any atom is 0.295 e. The zero-order valence-corrected chi connectivity index (χ0v) is 26.3. The molecule has 0 atom stereocenters. The van der Waals surface area contributed by atoms with Gasteiger partial charge in [0, 0.05) is 25.4 Å². The number of hydrogen-bond donors (Lipinski definition) is 0. The Bertz CT molecular complexity index is 1260. The number of benzene rings is 1. The number of thioether (sulfide) groups is 1. The highest BCUT2D eigenvalue weighted by molar-refractivity contribution is 7.98. The summed E-state index contributed by atoms with van der Waals surface area (Å²) in [7, 11) is 0. The number of carbonyl (C=O) groups excluding carboxylic acids is 1. The molecule has 0 aliphatic rings. The first-order valence-electron chi connectivity index (χ1n) is 13.9. The van der Waals surface area contributed by atoms with E-state index >= 15 is 0 Å². The van der Waals surface area contributed by atoms with Gasteiger partial charge in [0.05, 0.1) is 10.9 Å². The highest BCUT2D eigenvalue weighted by Gasteiger charge is 2.19. The molecule has 8 nitrogen and oxygen atoms in total. The third-order valence-electron chi connectivity index (χ3n) is 6.51. The van der Waals surface area contributed by atoms with Crippen molar-refractivity contribution in [3.63, 3.8) is 0 Å². The smallest absolute Gasteiger partial charge is 0.295 e. The number of nitrogens with zero attached hydrogens (tertiary/aromatic N) is 5. The Kier molecular flexibility index (Phi) is 13.5. The number of ether oxygens (including phenoxy) is 1. The van der Waals surface area contributed by atoms with Gasteiger partial charge < -0.3 is 14.5 Å². The van der Waals surface area contributed by atoms with Crippen LogP contribution >= 0.6 is 34.7 Å². The molecule has 3 aromatic rings. The van der Waals surface area contributed by atoms with Gasteiger partial charge in [-0.15, -0.1) is 11.3 Å². The lowest BCUT2D eigenvalue weighted by atomic mass is 10.2. The molecule has 0 fully saturated rings. The third kappa shape index (κ3) is 9.90. The molecule has 0 radical (unpaired) electrons. The number of aryl methyl sites for hydroxylation is 1. The second kappa shape index (κ2) is 16.8. The molecule has 0 N–H and O–H groups in total. The number of thiophene rings is 1. The largest absolute Gasteiger partial charge is 0.494 e. The van der Waals surface area contributed by atoms with Crippen molar-refractivity contribution in [2.45, 2.75) is 71.0 Å². The maximum atomic E-state index is 13.8. The van der Waals surface area contributed by atoms with Crippen molar-refractivity contribution in [3.05, 3.63) is 67.2 Å². The van der Waals surface area contributed by atoms with Crippen LogP contribution in [0.4, 0.5) is 0 Å². The second-order valence-corrected chi connectivity index (χ2v) is 11.9. The van der Waals surface area contributed by atoms with Crippen LogP contribution < -0.4 is 10.3 Å². The first-order valence-corrected chi connectivity index (χ1v) is 16.2. The van der Waals surface area contributed by atoms with E-state index in [0.717, 1.165) is 49.4 Å². The molecule has 2 aromatic heterocycles. The minimum absolute atomic E-state index is 0.00344. The minimum Gasteiger partial charge on any atom is -0.494 e. The average Bonchev–Trinajstić information content (AvgIpc) is 3.38. The fourth-order valence-corrected chi connectivity index (χ4v) is 5.89. The van der Waals surface area contributed by atoms with Crippen LogP contribution in [0.25, 0.3) is 0 Å². The van der Waals surface area contributed by atoms with E-state index < -0.39 is 0 Å². The van der Waals surface area contributed by atoms with E-state index in [1.165, 1.54) is 23.1 Å². The molecule has 0 saturated carbocycles. The van der Waals surface area contributed by atoms with Gasteiger partial charge in [0.1, 0.15) is 18.0 Å². The van der Waals surface area contributed by atoms with Crippen LogP contribution in [-0.4, -0.2) is 63.3 Å². The van der Waals surface area contributed by atoms with E-state index in [9.17, 15) is 9.59 Å². The summed E-state index contributed by atoms with van der Waals surface area (Å²) in [5.41, 5.74) is 2.07. The normalized spacial score (nSPS) is 11.2. The van der Waals surface area contributed by atoms with Crippen molar-refractivity contribution in [2.24, 2.45) is 0 Å². The van der Waals surface area contributed by atoms with Gasteiger partial charge in [-0.05, 0) is 60.6 Å². The van der Waals surface area contributed by atoms with Gasteiger partial charge in [-0.25, -0.2) is 4.68 Å². The Hall–Kier alpha value is -2.40. The van der Waals surface area contributed by atoms with E-state index in [4.69, 9.17) is 16.3 Å². The van der Waals surface area contributed by atoms with Gasteiger partial charge in [0.15, 0.2) is 5.16 Å². The number of halogens is 1. The molecule has 2 heterocycles. The molecular formula is C29H40ClN5O3S2. The molecule has 3 rings (SSSR count). The summed E-state index contributed by atoms with van der Waals surface area (Å²) in [5.74, 6) is 1.34. The number of unbranched alkanes of at least 4 members (excludes halogenated alkanes) is 1. The van der Waals surface area contributed by atoms with Crippen LogP contribution in [0.15, 0.2) is 45.7 Å². The summed E-state index contributed by atoms with van der Waals surface area (Å²) in [5, 5.41) is 6.94. The van der Waals surface area contributed by atoms with Crippen molar-refractivity contribution >= 4 is 40.6 Å². The van der Waals surface area contributed by atoms with Crippen LogP contribution in [0.1, 0.15) is 57.4 Å².